The van der Waals surface area contributed by atoms with Crippen molar-refractivity contribution in [3.8, 4) is 0 Å². The van der Waals surface area contributed by atoms with Crippen molar-refractivity contribution in [2.24, 2.45) is 10.1 Å². The summed E-state index contributed by atoms with van der Waals surface area (Å²) in [7, 11) is 1.28. The molecule has 0 spiro atoms. The molecule has 0 atom stereocenters. The lowest BCUT2D eigenvalue weighted by Gasteiger charge is -2.12. The fourth-order valence-electron chi connectivity index (χ4n) is 0.899. The van der Waals surface area contributed by atoms with E-state index >= 15 is 0 Å². The SMILES string of the molecule is COC(=O)N1CC(=NO)N=C1C. The Morgan fingerprint density at radius 2 is 2.50 bits per heavy atom. The molecule has 0 saturated carbocycles. The molecule has 0 radical (unpaired) electrons. The number of rotatable bonds is 0. The lowest BCUT2D eigenvalue weighted by Crippen LogP contribution is -2.33. The Balaban J connectivity index is 2.75. The highest BCUT2D eigenvalue weighted by atomic mass is 16.5. The molecular weight excluding hydrogens is 162 g/mol. The molecule has 0 fully saturated rings. The molecule has 0 bridgehead atoms. The first-order chi connectivity index (χ1) is 5.69. The summed E-state index contributed by atoms with van der Waals surface area (Å²) in [4.78, 5) is 16.0. The molecule has 0 aromatic heterocycles. The van der Waals surface area contributed by atoms with E-state index in [4.69, 9.17) is 5.21 Å². The summed E-state index contributed by atoms with van der Waals surface area (Å²) >= 11 is 0. The quantitative estimate of drug-likeness (QED) is 0.420. The lowest BCUT2D eigenvalue weighted by atomic mass is 10.5. The summed E-state index contributed by atoms with van der Waals surface area (Å²) in [6, 6.07) is 0. The second-order valence-corrected chi connectivity index (χ2v) is 2.23. The fraction of sp³-hybridized carbons (Fsp3) is 0.500. The molecule has 1 amide bonds. The van der Waals surface area contributed by atoms with E-state index < -0.39 is 6.09 Å². The van der Waals surface area contributed by atoms with Gasteiger partial charge in [-0.3, -0.25) is 4.90 Å². The van der Waals surface area contributed by atoms with E-state index in [1.807, 2.05) is 0 Å². The van der Waals surface area contributed by atoms with Crippen molar-refractivity contribution in [1.29, 1.82) is 0 Å². The van der Waals surface area contributed by atoms with Crippen LogP contribution in [-0.4, -0.2) is 41.5 Å². The van der Waals surface area contributed by atoms with E-state index in [0.717, 1.165) is 0 Å². The van der Waals surface area contributed by atoms with E-state index in [1.54, 1.807) is 6.92 Å². The van der Waals surface area contributed by atoms with Crippen LogP contribution in [0.5, 0.6) is 0 Å². The first-order valence-electron chi connectivity index (χ1n) is 3.30. The van der Waals surface area contributed by atoms with Crippen molar-refractivity contribution in [2.45, 2.75) is 6.92 Å². The number of oxime groups is 1. The Labute approximate surface area is 69.1 Å². The third-order valence-electron chi connectivity index (χ3n) is 1.49. The average Bonchev–Trinajstić information content (AvgIpc) is 2.45. The number of aliphatic imine (C=N–C) groups is 1. The van der Waals surface area contributed by atoms with Crippen LogP contribution < -0.4 is 0 Å². The number of hydrogen-bond donors (Lipinski definition) is 1. The van der Waals surface area contributed by atoms with Gasteiger partial charge in [0.05, 0.1) is 13.7 Å². The van der Waals surface area contributed by atoms with Gasteiger partial charge in [-0.2, -0.15) is 0 Å². The highest BCUT2D eigenvalue weighted by Crippen LogP contribution is 2.05. The molecule has 0 unspecified atom stereocenters. The maximum atomic E-state index is 11.0. The maximum absolute atomic E-state index is 11.0. The van der Waals surface area contributed by atoms with Crippen molar-refractivity contribution in [2.75, 3.05) is 13.7 Å². The molecule has 1 aliphatic rings. The van der Waals surface area contributed by atoms with E-state index in [2.05, 4.69) is 14.9 Å². The summed E-state index contributed by atoms with van der Waals surface area (Å²) < 4.78 is 4.47. The minimum absolute atomic E-state index is 0.162. The van der Waals surface area contributed by atoms with Crippen molar-refractivity contribution >= 4 is 17.8 Å². The average molecular weight is 171 g/mol. The molecule has 6 heteroatoms. The Kier molecular flexibility index (Phi) is 2.27. The zero-order valence-corrected chi connectivity index (χ0v) is 6.81. The highest BCUT2D eigenvalue weighted by Gasteiger charge is 2.25. The van der Waals surface area contributed by atoms with Crippen LogP contribution in [0.1, 0.15) is 6.92 Å². The Morgan fingerprint density at radius 3 is 2.92 bits per heavy atom. The molecule has 12 heavy (non-hydrogen) atoms. The molecular formula is C6H9N3O3. The Bertz CT molecular complexity index is 259. The largest absolute Gasteiger partial charge is 0.452 e. The molecule has 1 N–H and O–H groups in total. The van der Waals surface area contributed by atoms with Crippen molar-refractivity contribution in [3.63, 3.8) is 0 Å². The highest BCUT2D eigenvalue weighted by molar-refractivity contribution is 6.09. The normalized spacial score (nSPS) is 19.7. The minimum atomic E-state index is -0.505. The topological polar surface area (TPSA) is 74.5 Å². The molecule has 0 saturated heterocycles. The third kappa shape index (κ3) is 1.36. The van der Waals surface area contributed by atoms with Gasteiger partial charge in [0.25, 0.3) is 0 Å². The van der Waals surface area contributed by atoms with Crippen LogP contribution in [0.2, 0.25) is 0 Å². The van der Waals surface area contributed by atoms with Gasteiger partial charge in [0.1, 0.15) is 5.84 Å². The van der Waals surface area contributed by atoms with Crippen LogP contribution in [0.4, 0.5) is 4.79 Å². The number of amidine groups is 2. The molecule has 66 valence electrons. The summed E-state index contributed by atoms with van der Waals surface area (Å²) in [6.45, 7) is 1.80. The minimum Gasteiger partial charge on any atom is -0.452 e. The second-order valence-electron chi connectivity index (χ2n) is 2.23. The van der Waals surface area contributed by atoms with Gasteiger partial charge in [-0.1, -0.05) is 5.16 Å². The van der Waals surface area contributed by atoms with Crippen molar-refractivity contribution in [1.82, 2.24) is 4.90 Å². The van der Waals surface area contributed by atoms with Gasteiger partial charge in [-0.05, 0) is 6.92 Å². The number of carbonyl (C=O) groups is 1. The van der Waals surface area contributed by atoms with E-state index in [1.165, 1.54) is 12.0 Å². The van der Waals surface area contributed by atoms with Crippen LogP contribution in [0.15, 0.2) is 10.1 Å². The van der Waals surface area contributed by atoms with Crippen LogP contribution in [0.25, 0.3) is 0 Å². The van der Waals surface area contributed by atoms with Gasteiger partial charge < -0.3 is 9.94 Å². The predicted octanol–water partition coefficient (Wildman–Crippen LogP) is 0.274. The molecule has 1 rings (SSSR count). The first-order valence-corrected chi connectivity index (χ1v) is 3.30. The smallest absolute Gasteiger partial charge is 0.415 e. The fourth-order valence-corrected chi connectivity index (χ4v) is 0.899. The first kappa shape index (κ1) is 8.51. The van der Waals surface area contributed by atoms with Gasteiger partial charge in [0.15, 0.2) is 5.84 Å². The summed E-state index contributed by atoms with van der Waals surface area (Å²) in [6.07, 6.45) is -0.505. The number of ether oxygens (including phenoxy) is 1. The molecule has 1 heterocycles. The summed E-state index contributed by atoms with van der Waals surface area (Å²) in [5.74, 6) is 0.674. The van der Waals surface area contributed by atoms with Crippen molar-refractivity contribution < 1.29 is 14.7 Å². The number of carbonyl (C=O) groups excluding carboxylic acids is 1. The zero-order valence-electron chi connectivity index (χ0n) is 6.81. The van der Waals surface area contributed by atoms with Crippen LogP contribution >= 0.6 is 0 Å². The van der Waals surface area contributed by atoms with E-state index in [0.29, 0.717) is 5.84 Å². The Morgan fingerprint density at radius 1 is 1.83 bits per heavy atom. The second kappa shape index (κ2) is 3.21. The maximum Gasteiger partial charge on any atom is 0.415 e. The van der Waals surface area contributed by atoms with Crippen LogP contribution in [-0.2, 0) is 4.74 Å². The number of amides is 1. The zero-order chi connectivity index (χ0) is 9.14. The van der Waals surface area contributed by atoms with Gasteiger partial charge in [-0.15, -0.1) is 0 Å². The van der Waals surface area contributed by atoms with Gasteiger partial charge in [0.2, 0.25) is 0 Å². The molecule has 6 nitrogen and oxygen atoms in total. The third-order valence-corrected chi connectivity index (χ3v) is 1.49. The number of nitrogens with zero attached hydrogens (tertiary/aromatic N) is 3. The van der Waals surface area contributed by atoms with Gasteiger partial charge in [0, 0.05) is 0 Å². The number of hydrogen-bond acceptors (Lipinski definition) is 4. The summed E-state index contributed by atoms with van der Waals surface area (Å²) in [5, 5.41) is 11.2. The van der Waals surface area contributed by atoms with E-state index in [-0.39, 0.29) is 12.4 Å². The molecule has 0 aliphatic carbocycles. The molecule has 1 aliphatic heterocycles. The van der Waals surface area contributed by atoms with Gasteiger partial charge in [-0.25, -0.2) is 9.79 Å². The van der Waals surface area contributed by atoms with E-state index in [9.17, 15) is 4.79 Å². The molecule has 0 aromatic rings. The number of methoxy groups -OCH3 is 1. The monoisotopic (exact) mass is 171 g/mol. The predicted molar refractivity (Wildman–Crippen MR) is 41.4 cm³/mol. The summed E-state index contributed by atoms with van der Waals surface area (Å²) in [5.41, 5.74) is 0. The van der Waals surface area contributed by atoms with Crippen LogP contribution in [0, 0.1) is 0 Å². The van der Waals surface area contributed by atoms with Gasteiger partial charge >= 0.3 is 6.09 Å². The lowest BCUT2D eigenvalue weighted by molar-refractivity contribution is 0.150. The van der Waals surface area contributed by atoms with Crippen molar-refractivity contribution in [3.05, 3.63) is 0 Å². The molecule has 0 aromatic carbocycles. The standard InChI is InChI=1S/C6H9N3O3/c1-4-7-5(8-11)3-9(4)6(10)12-2/h11H,3H2,1-2H3. The Hall–Kier alpha value is -1.59. The van der Waals surface area contributed by atoms with Crippen LogP contribution in [0.3, 0.4) is 0 Å².